The number of benzene rings is 1. The summed E-state index contributed by atoms with van der Waals surface area (Å²) in [6, 6.07) is 7.64. The Bertz CT molecular complexity index is 1050. The Hall–Kier alpha value is -2.03. The minimum atomic E-state index is -2.79. The minimum absolute atomic E-state index is 0.0669. The number of carbonyl (C=O) groups is 1. The number of carbonyl (C=O) groups excluding carboxylic acids is 1. The van der Waals surface area contributed by atoms with Crippen molar-refractivity contribution in [1.29, 1.82) is 0 Å². The maximum absolute atomic E-state index is 13.8. The highest BCUT2D eigenvalue weighted by Gasteiger charge is 2.47. The second-order valence-electron chi connectivity index (χ2n) is 9.78. The molecule has 1 saturated heterocycles. The Labute approximate surface area is 197 Å². The normalized spacial score (nSPS) is 27.3. The quantitative estimate of drug-likeness (QED) is 0.678. The lowest BCUT2D eigenvalue weighted by Gasteiger charge is -2.40. The fourth-order valence-corrected chi connectivity index (χ4v) is 5.16. The number of fused-ring (bicyclic) bond motifs is 1. The minimum Gasteiger partial charge on any atom is -0.388 e. The molecule has 1 saturated carbocycles. The lowest BCUT2D eigenvalue weighted by Crippen LogP contribution is -2.50. The number of nitrogens with zero attached hydrogens (tertiary/aromatic N) is 3. The van der Waals surface area contributed by atoms with Gasteiger partial charge in [-0.2, -0.15) is 0 Å². The second-order valence-corrected chi connectivity index (χ2v) is 10.2. The van der Waals surface area contributed by atoms with Crippen LogP contribution >= 0.6 is 11.6 Å². The standard InChI is InChI=1S/C24H31ClF2N4O2/c1-15-12-23(33,9-10-24(15,26)27)14-28-22(32)21-17-4-7-20(29-19(17)6-5-18(21)25)31-11-8-16(13-31)30(2)3/h4-7,15-16,33H,8-14H2,1-3H3,(H,28,32)/t15?,16-,23?/m0/s1. The summed E-state index contributed by atoms with van der Waals surface area (Å²) in [5.74, 6) is -3.34. The van der Waals surface area contributed by atoms with E-state index >= 15 is 0 Å². The van der Waals surface area contributed by atoms with E-state index in [9.17, 15) is 18.7 Å². The van der Waals surface area contributed by atoms with Gasteiger partial charge in [-0.3, -0.25) is 4.79 Å². The first kappa shape index (κ1) is 24.1. The van der Waals surface area contributed by atoms with Crippen molar-refractivity contribution < 1.29 is 18.7 Å². The van der Waals surface area contributed by atoms with Crippen LogP contribution in [0.1, 0.15) is 43.0 Å². The fourth-order valence-electron chi connectivity index (χ4n) is 4.91. The molecule has 2 N–H and O–H groups in total. The Morgan fingerprint density at radius 3 is 2.73 bits per heavy atom. The Balaban J connectivity index is 1.51. The predicted molar refractivity (Wildman–Crippen MR) is 126 cm³/mol. The van der Waals surface area contributed by atoms with Crippen LogP contribution in [0.25, 0.3) is 10.9 Å². The summed E-state index contributed by atoms with van der Waals surface area (Å²) in [5, 5.41) is 14.4. The van der Waals surface area contributed by atoms with Crippen molar-refractivity contribution in [3.8, 4) is 0 Å². The maximum atomic E-state index is 13.8. The molecule has 33 heavy (non-hydrogen) atoms. The average Bonchev–Trinajstić information content (AvgIpc) is 3.26. The topological polar surface area (TPSA) is 68.7 Å². The lowest BCUT2D eigenvalue weighted by molar-refractivity contribution is -0.138. The number of aromatic nitrogens is 1. The molecule has 1 amide bonds. The van der Waals surface area contributed by atoms with Crippen LogP contribution in [-0.4, -0.2) is 72.2 Å². The van der Waals surface area contributed by atoms with Crippen LogP contribution in [0.5, 0.6) is 0 Å². The van der Waals surface area contributed by atoms with E-state index in [1.807, 2.05) is 12.1 Å². The van der Waals surface area contributed by atoms with Gasteiger partial charge in [0.05, 0.1) is 21.7 Å². The molecule has 1 aromatic carbocycles. The van der Waals surface area contributed by atoms with Gasteiger partial charge in [-0.15, -0.1) is 0 Å². The first-order valence-corrected chi connectivity index (χ1v) is 11.8. The number of likely N-dealkylation sites (N-methyl/N-ethyl adjacent to an activating group) is 1. The highest BCUT2D eigenvalue weighted by atomic mass is 35.5. The Kier molecular flexibility index (Phi) is 6.55. The van der Waals surface area contributed by atoms with Crippen molar-refractivity contribution in [2.24, 2.45) is 5.92 Å². The van der Waals surface area contributed by atoms with Crippen LogP contribution < -0.4 is 10.2 Å². The van der Waals surface area contributed by atoms with Crippen molar-refractivity contribution in [3.05, 3.63) is 34.9 Å². The summed E-state index contributed by atoms with van der Waals surface area (Å²) in [6.07, 6.45) is 0.530. The Morgan fingerprint density at radius 2 is 2.06 bits per heavy atom. The molecule has 2 unspecified atom stereocenters. The summed E-state index contributed by atoms with van der Waals surface area (Å²) in [5.41, 5.74) is -0.434. The molecule has 1 aliphatic carbocycles. The zero-order chi connectivity index (χ0) is 24.0. The summed E-state index contributed by atoms with van der Waals surface area (Å²) in [7, 11) is 4.15. The number of amides is 1. The van der Waals surface area contributed by atoms with E-state index in [1.54, 1.807) is 12.1 Å². The van der Waals surface area contributed by atoms with Gasteiger partial charge in [0.2, 0.25) is 0 Å². The van der Waals surface area contributed by atoms with Gasteiger partial charge in [0, 0.05) is 43.4 Å². The molecule has 0 spiro atoms. The molecule has 0 radical (unpaired) electrons. The average molecular weight is 481 g/mol. The van der Waals surface area contributed by atoms with Crippen molar-refractivity contribution in [1.82, 2.24) is 15.2 Å². The summed E-state index contributed by atoms with van der Waals surface area (Å²) in [6.45, 7) is 3.13. The smallest absolute Gasteiger partial charge is 0.253 e. The SMILES string of the molecule is CC1CC(O)(CNC(=O)c2c(Cl)ccc3nc(N4CC[C@H](N(C)C)C4)ccc23)CCC1(F)F. The van der Waals surface area contributed by atoms with Gasteiger partial charge >= 0.3 is 0 Å². The molecular weight excluding hydrogens is 450 g/mol. The second kappa shape index (κ2) is 8.96. The number of pyridine rings is 1. The van der Waals surface area contributed by atoms with Gasteiger partial charge in [0.15, 0.2) is 0 Å². The third-order valence-corrected chi connectivity index (χ3v) is 7.47. The predicted octanol–water partition coefficient (Wildman–Crippen LogP) is 3.94. The number of aliphatic hydroxyl groups is 1. The van der Waals surface area contributed by atoms with Gasteiger partial charge < -0.3 is 20.2 Å². The van der Waals surface area contributed by atoms with Gasteiger partial charge in [0.25, 0.3) is 11.8 Å². The van der Waals surface area contributed by atoms with Crippen LogP contribution in [0, 0.1) is 5.92 Å². The third-order valence-electron chi connectivity index (χ3n) is 7.16. The van der Waals surface area contributed by atoms with Gasteiger partial charge in [-0.1, -0.05) is 18.5 Å². The molecule has 2 aromatic rings. The van der Waals surface area contributed by atoms with Crippen LogP contribution in [-0.2, 0) is 0 Å². The Morgan fingerprint density at radius 1 is 1.30 bits per heavy atom. The van der Waals surface area contributed by atoms with E-state index in [2.05, 4.69) is 29.2 Å². The van der Waals surface area contributed by atoms with E-state index in [4.69, 9.17) is 16.6 Å². The van der Waals surface area contributed by atoms with Crippen LogP contribution in [0.3, 0.4) is 0 Å². The third kappa shape index (κ3) is 4.93. The molecule has 180 valence electrons. The first-order valence-electron chi connectivity index (χ1n) is 11.4. The van der Waals surface area contributed by atoms with Crippen molar-refractivity contribution in [2.75, 3.05) is 38.6 Å². The zero-order valence-corrected chi connectivity index (χ0v) is 20.0. The van der Waals surface area contributed by atoms with E-state index < -0.39 is 29.8 Å². The van der Waals surface area contributed by atoms with E-state index in [1.165, 1.54) is 6.92 Å². The number of rotatable bonds is 5. The number of hydrogen-bond acceptors (Lipinski definition) is 5. The lowest BCUT2D eigenvalue weighted by atomic mass is 9.76. The van der Waals surface area contributed by atoms with E-state index in [0.717, 1.165) is 25.3 Å². The summed E-state index contributed by atoms with van der Waals surface area (Å²) >= 11 is 6.37. The van der Waals surface area contributed by atoms with E-state index in [-0.39, 0.29) is 30.0 Å². The van der Waals surface area contributed by atoms with Crippen LogP contribution in [0.2, 0.25) is 5.02 Å². The number of halogens is 3. The monoisotopic (exact) mass is 480 g/mol. The summed E-state index contributed by atoms with van der Waals surface area (Å²) in [4.78, 5) is 22.2. The van der Waals surface area contributed by atoms with E-state index in [0.29, 0.717) is 16.9 Å². The van der Waals surface area contributed by atoms with Crippen LogP contribution in [0.15, 0.2) is 24.3 Å². The molecule has 1 aliphatic heterocycles. The molecule has 2 aliphatic rings. The van der Waals surface area contributed by atoms with Crippen LogP contribution in [0.4, 0.5) is 14.6 Å². The first-order chi connectivity index (χ1) is 15.5. The largest absolute Gasteiger partial charge is 0.388 e. The molecule has 3 atom stereocenters. The number of alkyl halides is 2. The molecule has 0 bridgehead atoms. The van der Waals surface area contributed by atoms with Gasteiger partial charge in [-0.05, 0) is 57.6 Å². The summed E-state index contributed by atoms with van der Waals surface area (Å²) < 4.78 is 27.6. The molecule has 1 aromatic heterocycles. The fraction of sp³-hybridized carbons (Fsp3) is 0.583. The number of hydrogen-bond donors (Lipinski definition) is 2. The molecule has 2 fully saturated rings. The number of nitrogens with one attached hydrogen (secondary N) is 1. The van der Waals surface area contributed by atoms with Crippen molar-refractivity contribution in [3.63, 3.8) is 0 Å². The van der Waals surface area contributed by atoms with Gasteiger partial charge in [-0.25, -0.2) is 13.8 Å². The number of anilines is 1. The molecule has 2 heterocycles. The highest BCUT2D eigenvalue weighted by Crippen LogP contribution is 2.42. The molecule has 6 nitrogen and oxygen atoms in total. The van der Waals surface area contributed by atoms with Crippen molar-refractivity contribution in [2.45, 2.75) is 50.2 Å². The molecule has 4 rings (SSSR count). The van der Waals surface area contributed by atoms with Crippen molar-refractivity contribution >= 4 is 34.2 Å². The zero-order valence-electron chi connectivity index (χ0n) is 19.2. The highest BCUT2D eigenvalue weighted by molar-refractivity contribution is 6.35. The van der Waals surface area contributed by atoms with Gasteiger partial charge in [0.1, 0.15) is 5.82 Å². The molecule has 9 heteroatoms. The molecular formula is C24H31ClF2N4O2. The maximum Gasteiger partial charge on any atom is 0.253 e.